The number of hydrogen-bond acceptors (Lipinski definition) is 2. The van der Waals surface area contributed by atoms with E-state index in [0.29, 0.717) is 18.2 Å². The van der Waals surface area contributed by atoms with Gasteiger partial charge in [-0.2, -0.15) is 13.2 Å². The molecule has 1 rings (SSSR count). The zero-order chi connectivity index (χ0) is 13.1. The highest BCUT2D eigenvalue weighted by Gasteiger charge is 2.31. The molecule has 0 saturated heterocycles. The van der Waals surface area contributed by atoms with Crippen molar-refractivity contribution in [3.63, 3.8) is 0 Å². The molecule has 17 heavy (non-hydrogen) atoms. The van der Waals surface area contributed by atoms with Crippen molar-refractivity contribution in [2.24, 2.45) is 0 Å². The molecule has 0 aliphatic heterocycles. The Hall–Kier alpha value is -1.79. The van der Waals surface area contributed by atoms with Gasteiger partial charge in [0.2, 0.25) is 0 Å². The second kappa shape index (κ2) is 5.03. The van der Waals surface area contributed by atoms with Gasteiger partial charge in [0, 0.05) is 0 Å². The molecule has 7 heteroatoms. The summed E-state index contributed by atoms with van der Waals surface area (Å²) in [6.45, 7) is -0.395. The normalized spacial score (nSPS) is 11.3. The van der Waals surface area contributed by atoms with Crippen LogP contribution < -0.4 is 4.74 Å². The second-order valence-corrected chi connectivity index (χ2v) is 3.14. The van der Waals surface area contributed by atoms with Crippen LogP contribution in [0.1, 0.15) is 12.0 Å². The van der Waals surface area contributed by atoms with Crippen molar-refractivity contribution < 1.29 is 32.2 Å². The Morgan fingerprint density at radius 3 is 2.53 bits per heavy atom. The van der Waals surface area contributed by atoms with Crippen LogP contribution in [0.15, 0.2) is 18.2 Å². The van der Waals surface area contributed by atoms with Gasteiger partial charge in [-0.25, -0.2) is 4.39 Å². The number of carboxylic acids is 1. The number of benzene rings is 1. The Balaban J connectivity index is 2.80. The van der Waals surface area contributed by atoms with Crippen LogP contribution in [-0.2, 0) is 11.0 Å². The molecule has 0 spiro atoms. The minimum absolute atomic E-state index is 0.395. The fraction of sp³-hybridized carbons (Fsp3) is 0.300. The first-order valence-corrected chi connectivity index (χ1v) is 4.52. The Kier molecular flexibility index (Phi) is 3.93. The van der Waals surface area contributed by atoms with Crippen LogP contribution in [-0.4, -0.2) is 17.7 Å². The molecule has 0 heterocycles. The van der Waals surface area contributed by atoms with E-state index in [1.165, 1.54) is 0 Å². The number of alkyl halides is 3. The highest BCUT2D eigenvalue weighted by atomic mass is 19.4. The first kappa shape index (κ1) is 13.3. The zero-order valence-corrected chi connectivity index (χ0v) is 8.42. The number of aliphatic carboxylic acids is 1. The van der Waals surface area contributed by atoms with Gasteiger partial charge in [-0.1, -0.05) is 0 Å². The topological polar surface area (TPSA) is 46.5 Å². The summed E-state index contributed by atoms with van der Waals surface area (Å²) in [5.41, 5.74) is -1.05. The molecular formula is C10H8F4O3. The van der Waals surface area contributed by atoms with E-state index in [-0.39, 0.29) is 0 Å². The average molecular weight is 252 g/mol. The minimum atomic E-state index is -4.60. The largest absolute Gasteiger partial charge is 0.490 e. The molecule has 0 unspecified atom stereocenters. The lowest BCUT2D eigenvalue weighted by molar-refractivity contribution is -0.139. The van der Waals surface area contributed by atoms with E-state index in [1.54, 1.807) is 0 Å². The molecular weight excluding hydrogens is 244 g/mol. The lowest BCUT2D eigenvalue weighted by Gasteiger charge is -2.10. The van der Waals surface area contributed by atoms with Crippen molar-refractivity contribution in [3.8, 4) is 5.75 Å². The summed E-state index contributed by atoms with van der Waals surface area (Å²) in [5.74, 6) is -2.76. The molecule has 0 bridgehead atoms. The zero-order valence-electron chi connectivity index (χ0n) is 8.42. The van der Waals surface area contributed by atoms with Crippen LogP contribution in [0, 0.1) is 5.82 Å². The Morgan fingerprint density at radius 1 is 1.35 bits per heavy atom. The maximum atomic E-state index is 13.0. The molecule has 0 aromatic heterocycles. The monoisotopic (exact) mass is 252 g/mol. The fourth-order valence-corrected chi connectivity index (χ4v) is 1.04. The lowest BCUT2D eigenvalue weighted by Crippen LogP contribution is -2.08. The van der Waals surface area contributed by atoms with E-state index >= 15 is 0 Å². The number of carboxylic acid groups (broad SMARTS) is 1. The number of rotatable bonds is 4. The fourth-order valence-electron chi connectivity index (χ4n) is 1.04. The second-order valence-electron chi connectivity index (χ2n) is 3.14. The number of ether oxygens (including phenoxy) is 1. The Labute approximate surface area is 93.6 Å². The maximum absolute atomic E-state index is 13.0. The molecule has 1 aromatic carbocycles. The predicted molar refractivity (Wildman–Crippen MR) is 49.1 cm³/mol. The van der Waals surface area contributed by atoms with Crippen molar-refractivity contribution in [3.05, 3.63) is 29.6 Å². The van der Waals surface area contributed by atoms with Crippen molar-refractivity contribution in [2.75, 3.05) is 6.61 Å². The first-order valence-electron chi connectivity index (χ1n) is 4.52. The van der Waals surface area contributed by atoms with Crippen molar-refractivity contribution in [1.82, 2.24) is 0 Å². The van der Waals surface area contributed by atoms with Crippen molar-refractivity contribution >= 4 is 5.97 Å². The van der Waals surface area contributed by atoms with E-state index in [2.05, 4.69) is 4.74 Å². The van der Waals surface area contributed by atoms with E-state index in [0.717, 1.165) is 0 Å². The standard InChI is InChI=1S/C10H8F4O3/c11-7-2-1-6(10(12,13)14)5-8(7)17-4-3-9(15)16/h1-2,5H,3-4H2,(H,15,16). The van der Waals surface area contributed by atoms with E-state index in [1.807, 2.05) is 0 Å². The predicted octanol–water partition coefficient (Wildman–Crippen LogP) is 2.70. The van der Waals surface area contributed by atoms with E-state index < -0.39 is 42.3 Å². The maximum Gasteiger partial charge on any atom is 0.416 e. The molecule has 0 fully saturated rings. The van der Waals surface area contributed by atoms with Gasteiger partial charge in [0.1, 0.15) is 0 Å². The first-order chi connectivity index (χ1) is 7.80. The van der Waals surface area contributed by atoms with E-state index in [4.69, 9.17) is 5.11 Å². The summed E-state index contributed by atoms with van der Waals surface area (Å²) in [6, 6.07) is 1.70. The van der Waals surface area contributed by atoms with Gasteiger partial charge >= 0.3 is 12.1 Å². The van der Waals surface area contributed by atoms with Crippen LogP contribution in [0.4, 0.5) is 17.6 Å². The van der Waals surface area contributed by atoms with Crippen molar-refractivity contribution in [1.29, 1.82) is 0 Å². The van der Waals surface area contributed by atoms with Gasteiger partial charge in [0.05, 0.1) is 18.6 Å². The molecule has 94 valence electrons. The molecule has 0 amide bonds. The summed E-state index contributed by atoms with van der Waals surface area (Å²) in [7, 11) is 0. The van der Waals surface area contributed by atoms with Gasteiger partial charge < -0.3 is 9.84 Å². The minimum Gasteiger partial charge on any atom is -0.490 e. The third-order valence-electron chi connectivity index (χ3n) is 1.83. The molecule has 0 radical (unpaired) electrons. The van der Waals surface area contributed by atoms with Gasteiger partial charge in [-0.15, -0.1) is 0 Å². The smallest absolute Gasteiger partial charge is 0.416 e. The summed E-state index contributed by atoms with van der Waals surface area (Å²) < 4.78 is 54.5. The van der Waals surface area contributed by atoms with Gasteiger partial charge in [-0.3, -0.25) is 4.79 Å². The summed E-state index contributed by atoms with van der Waals surface area (Å²) in [5, 5.41) is 8.29. The number of halogens is 4. The molecule has 0 aliphatic carbocycles. The number of carbonyl (C=O) groups is 1. The summed E-state index contributed by atoms with van der Waals surface area (Å²) >= 11 is 0. The molecule has 1 aromatic rings. The highest BCUT2D eigenvalue weighted by Crippen LogP contribution is 2.32. The third-order valence-corrected chi connectivity index (χ3v) is 1.83. The van der Waals surface area contributed by atoms with Gasteiger partial charge in [0.15, 0.2) is 11.6 Å². The molecule has 0 aliphatic rings. The molecule has 1 N–H and O–H groups in total. The lowest BCUT2D eigenvalue weighted by atomic mass is 10.2. The quantitative estimate of drug-likeness (QED) is 0.838. The average Bonchev–Trinajstić information content (AvgIpc) is 2.18. The van der Waals surface area contributed by atoms with Crippen LogP contribution in [0.25, 0.3) is 0 Å². The third kappa shape index (κ3) is 3.93. The number of hydrogen-bond donors (Lipinski definition) is 1. The molecule has 0 atom stereocenters. The van der Waals surface area contributed by atoms with Crippen LogP contribution in [0.5, 0.6) is 5.75 Å². The SMILES string of the molecule is O=C(O)CCOc1cc(C(F)(F)F)ccc1F. The van der Waals surface area contributed by atoms with Gasteiger partial charge in [-0.05, 0) is 18.2 Å². The molecule has 3 nitrogen and oxygen atoms in total. The van der Waals surface area contributed by atoms with Crippen LogP contribution in [0.2, 0.25) is 0 Å². The molecule has 0 saturated carbocycles. The Morgan fingerprint density at radius 2 is 2.00 bits per heavy atom. The van der Waals surface area contributed by atoms with Crippen LogP contribution in [0.3, 0.4) is 0 Å². The van der Waals surface area contributed by atoms with Gasteiger partial charge in [0.25, 0.3) is 0 Å². The highest BCUT2D eigenvalue weighted by molar-refractivity contribution is 5.66. The summed E-state index contributed by atoms with van der Waals surface area (Å²) in [4.78, 5) is 10.1. The van der Waals surface area contributed by atoms with Crippen LogP contribution >= 0.6 is 0 Å². The van der Waals surface area contributed by atoms with E-state index in [9.17, 15) is 22.4 Å². The Bertz CT molecular complexity index is 415. The summed E-state index contributed by atoms with van der Waals surface area (Å²) in [6.07, 6.45) is -5.02. The van der Waals surface area contributed by atoms with Crippen molar-refractivity contribution in [2.45, 2.75) is 12.6 Å².